The Kier molecular flexibility index (Phi) is 5.90. The van der Waals surface area contributed by atoms with Gasteiger partial charge in [-0.1, -0.05) is 18.2 Å². The zero-order valence-corrected chi connectivity index (χ0v) is 15.5. The van der Waals surface area contributed by atoms with Crippen LogP contribution in [0.1, 0.15) is 57.1 Å². The predicted octanol–water partition coefficient (Wildman–Crippen LogP) is 4.57. The monoisotopic (exact) mass is 373 g/mol. The quantitative estimate of drug-likeness (QED) is 0.826. The lowest BCUT2D eigenvalue weighted by molar-refractivity contribution is -0.137. The highest BCUT2D eigenvalue weighted by Crippen LogP contribution is 2.38. The number of ether oxygens (including phenoxy) is 1. The lowest BCUT2D eigenvalue weighted by Crippen LogP contribution is -2.49. The zero-order valence-electron chi connectivity index (χ0n) is 15.5. The van der Waals surface area contributed by atoms with Gasteiger partial charge in [-0.05, 0) is 57.6 Å². The fourth-order valence-corrected chi connectivity index (χ4v) is 3.29. The van der Waals surface area contributed by atoms with Crippen LogP contribution in [-0.4, -0.2) is 40.9 Å². The Labute approximate surface area is 151 Å². The van der Waals surface area contributed by atoms with E-state index in [9.17, 15) is 23.1 Å². The molecule has 0 bridgehead atoms. The Morgan fingerprint density at radius 1 is 1.23 bits per heavy atom. The van der Waals surface area contributed by atoms with E-state index in [-0.39, 0.29) is 5.92 Å². The molecule has 0 spiro atoms. The molecule has 0 unspecified atom stereocenters. The van der Waals surface area contributed by atoms with Gasteiger partial charge in [-0.2, -0.15) is 13.2 Å². The van der Waals surface area contributed by atoms with E-state index in [1.165, 1.54) is 11.0 Å². The number of nitrogens with zero attached hydrogens (tertiary/aromatic N) is 1. The Hall–Kier alpha value is -1.76. The number of likely N-dealkylation sites (N-methyl/N-ethyl adjacent to an activating group) is 1. The lowest BCUT2D eigenvalue weighted by Gasteiger charge is -2.39. The molecular formula is C19H26F3NO3. The number of aliphatic hydroxyl groups excluding tert-OH is 1. The maximum Gasteiger partial charge on any atom is 0.416 e. The van der Waals surface area contributed by atoms with E-state index in [1.807, 2.05) is 0 Å². The van der Waals surface area contributed by atoms with Crippen LogP contribution < -0.4 is 0 Å². The Bertz CT molecular complexity index is 640. The van der Waals surface area contributed by atoms with Crippen molar-refractivity contribution in [2.75, 3.05) is 7.05 Å². The molecule has 1 aliphatic carbocycles. The average Bonchev–Trinajstić information content (AvgIpc) is 2.52. The first-order valence-electron chi connectivity index (χ1n) is 8.69. The van der Waals surface area contributed by atoms with Gasteiger partial charge >= 0.3 is 12.3 Å². The van der Waals surface area contributed by atoms with Crippen LogP contribution in [0.4, 0.5) is 18.0 Å². The lowest BCUT2D eigenvalue weighted by atomic mass is 9.79. The number of amides is 1. The molecule has 0 saturated heterocycles. The summed E-state index contributed by atoms with van der Waals surface area (Å²) in [6.45, 7) is 5.25. The van der Waals surface area contributed by atoms with Crippen LogP contribution in [0.2, 0.25) is 0 Å². The highest BCUT2D eigenvalue weighted by Gasteiger charge is 2.37. The average molecular weight is 373 g/mol. The van der Waals surface area contributed by atoms with Gasteiger partial charge in [0.15, 0.2) is 0 Å². The molecule has 1 saturated carbocycles. The number of hydrogen-bond acceptors (Lipinski definition) is 3. The molecule has 146 valence electrons. The van der Waals surface area contributed by atoms with Crippen molar-refractivity contribution < 1.29 is 27.8 Å². The molecule has 0 heterocycles. The third-order valence-corrected chi connectivity index (χ3v) is 4.65. The van der Waals surface area contributed by atoms with Crippen molar-refractivity contribution >= 4 is 6.09 Å². The van der Waals surface area contributed by atoms with Crippen molar-refractivity contribution in [2.24, 2.45) is 0 Å². The van der Waals surface area contributed by atoms with E-state index in [0.29, 0.717) is 24.8 Å². The summed E-state index contributed by atoms with van der Waals surface area (Å²) in [5.74, 6) is -0.157. The van der Waals surface area contributed by atoms with E-state index in [2.05, 4.69) is 0 Å². The van der Waals surface area contributed by atoms with Crippen LogP contribution in [0.3, 0.4) is 0 Å². The second-order valence-corrected chi connectivity index (χ2v) is 7.86. The number of carbonyl (C=O) groups excluding carboxylic acids is 1. The van der Waals surface area contributed by atoms with Crippen molar-refractivity contribution in [1.29, 1.82) is 0 Å². The van der Waals surface area contributed by atoms with Gasteiger partial charge in [0.1, 0.15) is 5.60 Å². The third-order valence-electron chi connectivity index (χ3n) is 4.65. The van der Waals surface area contributed by atoms with Crippen molar-refractivity contribution in [2.45, 2.75) is 69.9 Å². The molecule has 1 amide bonds. The molecule has 0 aromatic heterocycles. The van der Waals surface area contributed by atoms with Gasteiger partial charge in [0.05, 0.1) is 17.7 Å². The minimum absolute atomic E-state index is 0.157. The number of hydrogen-bond donors (Lipinski definition) is 1. The number of aliphatic hydroxyl groups is 1. The molecule has 1 N–H and O–H groups in total. The summed E-state index contributed by atoms with van der Waals surface area (Å²) in [5, 5.41) is 10.3. The van der Waals surface area contributed by atoms with Gasteiger partial charge in [-0.25, -0.2) is 4.79 Å². The smallest absolute Gasteiger partial charge is 0.416 e. The normalized spacial score (nSPS) is 24.2. The number of halogens is 3. The van der Waals surface area contributed by atoms with Crippen molar-refractivity contribution in [3.8, 4) is 0 Å². The standard InChI is InChI=1S/C19H26F3NO3/c1-18(2,3)26-17(25)23(4)15-11-13(8-9-16(15)24)12-6-5-7-14(10-12)19(20,21)22/h5-7,10,13,15-16,24H,8-9,11H2,1-4H3/t13-,15-,16-/m0/s1. The molecule has 4 nitrogen and oxygen atoms in total. The van der Waals surface area contributed by atoms with E-state index in [0.717, 1.165) is 12.1 Å². The summed E-state index contributed by atoms with van der Waals surface area (Å²) in [6, 6.07) is 4.77. The molecule has 1 aromatic rings. The highest BCUT2D eigenvalue weighted by atomic mass is 19.4. The second-order valence-electron chi connectivity index (χ2n) is 7.86. The van der Waals surface area contributed by atoms with E-state index in [4.69, 9.17) is 4.74 Å². The summed E-state index contributed by atoms with van der Waals surface area (Å²) >= 11 is 0. The van der Waals surface area contributed by atoms with Gasteiger partial charge in [-0.3, -0.25) is 0 Å². The number of rotatable bonds is 2. The summed E-state index contributed by atoms with van der Waals surface area (Å²) in [4.78, 5) is 13.6. The topological polar surface area (TPSA) is 49.8 Å². The largest absolute Gasteiger partial charge is 0.444 e. The van der Waals surface area contributed by atoms with Crippen molar-refractivity contribution in [3.05, 3.63) is 35.4 Å². The maximum absolute atomic E-state index is 13.0. The van der Waals surface area contributed by atoms with Gasteiger partial charge < -0.3 is 14.7 Å². The molecule has 1 aromatic carbocycles. The van der Waals surface area contributed by atoms with Crippen LogP contribution in [0, 0.1) is 0 Å². The van der Waals surface area contributed by atoms with Gasteiger partial charge in [0.25, 0.3) is 0 Å². The molecule has 26 heavy (non-hydrogen) atoms. The SMILES string of the molecule is CN(C(=O)OC(C)(C)C)[C@H]1C[C@@H](c2cccc(C(F)(F)F)c2)CC[C@@H]1O. The fraction of sp³-hybridized carbons (Fsp3) is 0.632. The molecular weight excluding hydrogens is 347 g/mol. The fourth-order valence-electron chi connectivity index (χ4n) is 3.29. The molecule has 3 atom stereocenters. The minimum Gasteiger partial charge on any atom is -0.444 e. The van der Waals surface area contributed by atoms with Crippen LogP contribution >= 0.6 is 0 Å². The summed E-state index contributed by atoms with van der Waals surface area (Å²) in [5.41, 5.74) is -0.765. The van der Waals surface area contributed by atoms with E-state index >= 15 is 0 Å². The van der Waals surface area contributed by atoms with Gasteiger partial charge in [0.2, 0.25) is 0 Å². The number of benzene rings is 1. The van der Waals surface area contributed by atoms with Crippen LogP contribution in [0.25, 0.3) is 0 Å². The third kappa shape index (κ3) is 5.13. The van der Waals surface area contributed by atoms with E-state index < -0.39 is 35.6 Å². The number of carbonyl (C=O) groups is 1. The summed E-state index contributed by atoms with van der Waals surface area (Å²) in [7, 11) is 1.55. The molecule has 1 aliphatic rings. The molecule has 1 fully saturated rings. The Balaban J connectivity index is 2.16. The van der Waals surface area contributed by atoms with Crippen molar-refractivity contribution in [1.82, 2.24) is 4.90 Å². The maximum atomic E-state index is 13.0. The summed E-state index contributed by atoms with van der Waals surface area (Å²) < 4.78 is 44.2. The van der Waals surface area contributed by atoms with E-state index in [1.54, 1.807) is 33.9 Å². The molecule has 0 aliphatic heterocycles. The van der Waals surface area contributed by atoms with Crippen molar-refractivity contribution in [3.63, 3.8) is 0 Å². The van der Waals surface area contributed by atoms with Crippen LogP contribution in [0.15, 0.2) is 24.3 Å². The minimum atomic E-state index is -4.39. The first kappa shape index (κ1) is 20.6. The Morgan fingerprint density at radius 3 is 2.46 bits per heavy atom. The number of alkyl halides is 3. The first-order valence-corrected chi connectivity index (χ1v) is 8.69. The highest BCUT2D eigenvalue weighted by molar-refractivity contribution is 5.68. The van der Waals surface area contributed by atoms with Gasteiger partial charge in [0, 0.05) is 7.05 Å². The summed E-state index contributed by atoms with van der Waals surface area (Å²) in [6.07, 6.45) is -4.30. The van der Waals surface area contributed by atoms with Crippen LogP contribution in [-0.2, 0) is 10.9 Å². The predicted molar refractivity (Wildman–Crippen MR) is 91.8 cm³/mol. The second kappa shape index (κ2) is 7.47. The Morgan fingerprint density at radius 2 is 1.88 bits per heavy atom. The van der Waals surface area contributed by atoms with Crippen LogP contribution in [0.5, 0.6) is 0 Å². The zero-order chi connectivity index (χ0) is 19.7. The van der Waals surface area contributed by atoms with Gasteiger partial charge in [-0.15, -0.1) is 0 Å². The first-order chi connectivity index (χ1) is 11.9. The molecule has 0 radical (unpaired) electrons. The molecule has 2 rings (SSSR count). The molecule has 7 heteroatoms.